The van der Waals surface area contributed by atoms with E-state index in [0.717, 1.165) is 32.3 Å². The number of nitrogen functional groups attached to an aromatic ring is 1. The van der Waals surface area contributed by atoms with Gasteiger partial charge in [-0.05, 0) is 37.0 Å². The van der Waals surface area contributed by atoms with Crippen molar-refractivity contribution in [3.05, 3.63) is 18.2 Å². The predicted octanol–water partition coefficient (Wildman–Crippen LogP) is 1.48. The van der Waals surface area contributed by atoms with Crippen LogP contribution in [0.4, 0.5) is 5.69 Å². The molecule has 6 heteroatoms. The monoisotopic (exact) mass is 285 g/mol. The summed E-state index contributed by atoms with van der Waals surface area (Å²) < 4.78 is 33.7. The van der Waals surface area contributed by atoms with E-state index in [4.69, 9.17) is 15.2 Å². The Morgan fingerprint density at radius 3 is 2.63 bits per heavy atom. The number of nitrogens with two attached hydrogens (primary N) is 1. The highest BCUT2D eigenvalue weighted by atomic mass is 32.2. The molecule has 0 atom stereocenters. The number of sulfone groups is 1. The zero-order chi connectivity index (χ0) is 13.9. The number of anilines is 1. The fourth-order valence-corrected chi connectivity index (χ4v) is 2.67. The summed E-state index contributed by atoms with van der Waals surface area (Å²) in [7, 11) is -3.23. The largest absolute Gasteiger partial charge is 0.491 e. The lowest BCUT2D eigenvalue weighted by molar-refractivity contribution is 0.0499. The van der Waals surface area contributed by atoms with Crippen LogP contribution in [0.15, 0.2) is 23.1 Å². The van der Waals surface area contributed by atoms with Crippen LogP contribution in [0.1, 0.15) is 12.8 Å². The van der Waals surface area contributed by atoms with Crippen molar-refractivity contribution in [3.63, 3.8) is 0 Å². The Labute approximate surface area is 113 Å². The van der Waals surface area contributed by atoms with Crippen molar-refractivity contribution < 1.29 is 17.9 Å². The van der Waals surface area contributed by atoms with E-state index in [1.807, 2.05) is 0 Å². The summed E-state index contributed by atoms with van der Waals surface area (Å²) in [6.07, 6.45) is 3.13. The fraction of sp³-hybridized carbons (Fsp3) is 0.538. The molecule has 2 N–H and O–H groups in total. The van der Waals surface area contributed by atoms with Gasteiger partial charge in [0.05, 0.1) is 17.2 Å². The minimum atomic E-state index is -3.23. The van der Waals surface area contributed by atoms with E-state index in [1.165, 1.54) is 12.1 Å². The zero-order valence-corrected chi connectivity index (χ0v) is 11.8. The highest BCUT2D eigenvalue weighted by Crippen LogP contribution is 2.26. The number of ether oxygens (including phenoxy) is 2. The average molecular weight is 285 g/mol. The van der Waals surface area contributed by atoms with Crippen LogP contribution in [0, 0.1) is 5.92 Å². The summed E-state index contributed by atoms with van der Waals surface area (Å²) in [6.45, 7) is 2.14. The van der Waals surface area contributed by atoms with Crippen molar-refractivity contribution in [2.24, 2.45) is 5.92 Å². The summed E-state index contributed by atoms with van der Waals surface area (Å²) >= 11 is 0. The third-order valence-corrected chi connectivity index (χ3v) is 4.34. The van der Waals surface area contributed by atoms with Crippen molar-refractivity contribution in [3.8, 4) is 5.75 Å². The summed E-state index contributed by atoms with van der Waals surface area (Å²) in [5.41, 5.74) is 6.18. The highest BCUT2D eigenvalue weighted by Gasteiger charge is 2.15. The van der Waals surface area contributed by atoms with Crippen LogP contribution in [0.3, 0.4) is 0 Å². The van der Waals surface area contributed by atoms with Crippen molar-refractivity contribution in [2.45, 2.75) is 17.7 Å². The molecule has 1 aromatic carbocycles. The number of benzene rings is 1. The summed E-state index contributed by atoms with van der Waals surface area (Å²) in [6, 6.07) is 4.57. The van der Waals surface area contributed by atoms with Crippen LogP contribution in [0.2, 0.25) is 0 Å². The van der Waals surface area contributed by atoms with Gasteiger partial charge in [-0.3, -0.25) is 0 Å². The average Bonchev–Trinajstić information content (AvgIpc) is 2.37. The van der Waals surface area contributed by atoms with E-state index in [1.54, 1.807) is 6.07 Å². The third-order valence-electron chi connectivity index (χ3n) is 3.22. The maximum Gasteiger partial charge on any atom is 0.175 e. The first kappa shape index (κ1) is 14.1. The Morgan fingerprint density at radius 2 is 2.05 bits per heavy atom. The minimum absolute atomic E-state index is 0.211. The molecular formula is C13H19NO4S. The molecule has 1 fully saturated rings. The van der Waals surface area contributed by atoms with Gasteiger partial charge in [0.2, 0.25) is 0 Å². The van der Waals surface area contributed by atoms with Crippen LogP contribution in [-0.2, 0) is 14.6 Å². The van der Waals surface area contributed by atoms with E-state index in [2.05, 4.69) is 0 Å². The Morgan fingerprint density at radius 1 is 1.37 bits per heavy atom. The first-order valence-electron chi connectivity index (χ1n) is 6.27. The molecule has 1 heterocycles. The van der Waals surface area contributed by atoms with Gasteiger partial charge >= 0.3 is 0 Å². The van der Waals surface area contributed by atoms with Crippen LogP contribution in [-0.4, -0.2) is 34.5 Å². The highest BCUT2D eigenvalue weighted by molar-refractivity contribution is 7.90. The van der Waals surface area contributed by atoms with Crippen LogP contribution >= 0.6 is 0 Å². The Kier molecular flexibility index (Phi) is 4.31. The van der Waals surface area contributed by atoms with Crippen molar-refractivity contribution >= 4 is 15.5 Å². The molecule has 19 heavy (non-hydrogen) atoms. The van der Waals surface area contributed by atoms with Crippen LogP contribution < -0.4 is 10.5 Å². The molecule has 0 radical (unpaired) electrons. The van der Waals surface area contributed by atoms with E-state index in [9.17, 15) is 8.42 Å². The standard InChI is InChI=1S/C13H19NO4S/c1-19(15,16)11-2-3-13(12(14)8-11)18-9-10-4-6-17-7-5-10/h2-3,8,10H,4-7,9,14H2,1H3. The molecule has 1 saturated heterocycles. The third kappa shape index (κ3) is 3.84. The predicted molar refractivity (Wildman–Crippen MR) is 73.0 cm³/mol. The van der Waals surface area contributed by atoms with E-state index in [0.29, 0.717) is 24.0 Å². The van der Waals surface area contributed by atoms with Gasteiger partial charge in [-0.1, -0.05) is 0 Å². The first-order valence-corrected chi connectivity index (χ1v) is 8.16. The molecule has 0 amide bonds. The summed E-state index contributed by atoms with van der Waals surface area (Å²) in [5.74, 6) is 1.02. The molecule has 1 aliphatic rings. The topological polar surface area (TPSA) is 78.6 Å². The van der Waals surface area contributed by atoms with E-state index >= 15 is 0 Å². The number of rotatable bonds is 4. The van der Waals surface area contributed by atoms with E-state index < -0.39 is 9.84 Å². The van der Waals surface area contributed by atoms with Crippen LogP contribution in [0.25, 0.3) is 0 Å². The second kappa shape index (κ2) is 5.79. The SMILES string of the molecule is CS(=O)(=O)c1ccc(OCC2CCOCC2)c(N)c1. The maximum atomic E-state index is 11.4. The molecule has 1 aromatic rings. The minimum Gasteiger partial charge on any atom is -0.491 e. The molecule has 0 saturated carbocycles. The van der Waals surface area contributed by atoms with Crippen molar-refractivity contribution in [2.75, 3.05) is 31.8 Å². The molecule has 0 unspecified atom stereocenters. The molecule has 106 valence electrons. The Hall–Kier alpha value is -1.27. The van der Waals surface area contributed by atoms with Crippen LogP contribution in [0.5, 0.6) is 5.75 Å². The van der Waals surface area contributed by atoms with Crippen molar-refractivity contribution in [1.82, 2.24) is 0 Å². The smallest absolute Gasteiger partial charge is 0.175 e. The molecule has 1 aliphatic heterocycles. The second-order valence-electron chi connectivity index (χ2n) is 4.84. The normalized spacial score (nSPS) is 17.3. The van der Waals surface area contributed by atoms with Gasteiger partial charge in [0.1, 0.15) is 5.75 Å². The van der Waals surface area contributed by atoms with E-state index in [-0.39, 0.29) is 4.90 Å². The molecule has 2 rings (SSSR count). The lowest BCUT2D eigenvalue weighted by atomic mass is 10.0. The Balaban J connectivity index is 2.01. The Bertz CT molecular complexity index is 536. The first-order chi connectivity index (χ1) is 8.97. The molecule has 0 bridgehead atoms. The maximum absolute atomic E-state index is 11.4. The summed E-state index contributed by atoms with van der Waals surface area (Å²) in [4.78, 5) is 0.211. The second-order valence-corrected chi connectivity index (χ2v) is 6.85. The van der Waals surface area contributed by atoms with Gasteiger partial charge in [0.25, 0.3) is 0 Å². The number of hydrogen-bond acceptors (Lipinski definition) is 5. The van der Waals surface area contributed by atoms with Gasteiger partial charge in [-0.15, -0.1) is 0 Å². The molecule has 0 aromatic heterocycles. The molecule has 5 nitrogen and oxygen atoms in total. The zero-order valence-electron chi connectivity index (χ0n) is 11.0. The van der Waals surface area contributed by atoms with Gasteiger partial charge in [0.15, 0.2) is 9.84 Å². The molecule has 0 aliphatic carbocycles. The lowest BCUT2D eigenvalue weighted by Crippen LogP contribution is -2.21. The number of hydrogen-bond donors (Lipinski definition) is 1. The van der Waals surface area contributed by atoms with Gasteiger partial charge in [-0.2, -0.15) is 0 Å². The quantitative estimate of drug-likeness (QED) is 0.848. The molecule has 0 spiro atoms. The lowest BCUT2D eigenvalue weighted by Gasteiger charge is -2.22. The fourth-order valence-electron chi connectivity index (χ4n) is 2.01. The van der Waals surface area contributed by atoms with Gasteiger partial charge in [0, 0.05) is 19.5 Å². The molecular weight excluding hydrogens is 266 g/mol. The van der Waals surface area contributed by atoms with Crippen molar-refractivity contribution in [1.29, 1.82) is 0 Å². The summed E-state index contributed by atoms with van der Waals surface area (Å²) in [5, 5.41) is 0. The van der Waals surface area contributed by atoms with Gasteiger partial charge in [-0.25, -0.2) is 8.42 Å². The van der Waals surface area contributed by atoms with Gasteiger partial charge < -0.3 is 15.2 Å².